The number of pyridine rings is 1. The number of halogens is 1. The van der Waals surface area contributed by atoms with Crippen LogP contribution in [0.25, 0.3) is 10.9 Å². The van der Waals surface area contributed by atoms with Crippen LogP contribution in [0.5, 0.6) is 0 Å². The molecule has 0 amide bonds. The Kier molecular flexibility index (Phi) is 2.90. The molecule has 2 aromatic heterocycles. The lowest BCUT2D eigenvalue weighted by molar-refractivity contribution is 0.579. The molecule has 18 heavy (non-hydrogen) atoms. The van der Waals surface area contributed by atoms with Crippen LogP contribution in [0.15, 0.2) is 58.8 Å². The molecule has 5 heteroatoms. The Bertz CT molecular complexity index is 697. The molecule has 0 aliphatic heterocycles. The van der Waals surface area contributed by atoms with E-state index in [0.29, 0.717) is 0 Å². The number of fused-ring (bicyclic) bond motifs is 1. The minimum atomic E-state index is -0.488. The molecule has 0 bridgehead atoms. The quantitative estimate of drug-likeness (QED) is 0.521. The third-order valence-electron chi connectivity index (χ3n) is 2.42. The van der Waals surface area contributed by atoms with Crippen molar-refractivity contribution in [2.45, 2.75) is 9.92 Å². The predicted molar refractivity (Wildman–Crippen MR) is 67.9 cm³/mol. The maximum atomic E-state index is 13.0. The van der Waals surface area contributed by atoms with E-state index in [-0.39, 0.29) is 0 Å². The SMILES string of the molecule is Fc1cc(Sc2ncnc3ccccc23)ccn1. The van der Waals surface area contributed by atoms with Crippen molar-refractivity contribution in [1.29, 1.82) is 0 Å². The zero-order valence-corrected chi connectivity index (χ0v) is 10.1. The average Bonchev–Trinajstić information content (AvgIpc) is 2.39. The Hall–Kier alpha value is -2.01. The lowest BCUT2D eigenvalue weighted by Crippen LogP contribution is -1.87. The smallest absolute Gasteiger partial charge is 0.213 e. The van der Waals surface area contributed by atoms with E-state index in [0.717, 1.165) is 20.8 Å². The van der Waals surface area contributed by atoms with Gasteiger partial charge in [-0.25, -0.2) is 15.0 Å². The summed E-state index contributed by atoms with van der Waals surface area (Å²) in [5, 5.41) is 1.77. The lowest BCUT2D eigenvalue weighted by atomic mass is 10.2. The standard InChI is InChI=1S/C13H8FN3S/c14-12-7-9(5-6-15-12)18-13-10-3-1-2-4-11(10)16-8-17-13/h1-8H. The fraction of sp³-hybridized carbons (Fsp3) is 0. The lowest BCUT2D eigenvalue weighted by Gasteiger charge is -2.04. The van der Waals surface area contributed by atoms with Gasteiger partial charge in [-0.05, 0) is 12.1 Å². The van der Waals surface area contributed by atoms with Gasteiger partial charge in [-0.15, -0.1) is 0 Å². The molecule has 2 heterocycles. The van der Waals surface area contributed by atoms with E-state index < -0.39 is 5.95 Å². The van der Waals surface area contributed by atoms with Crippen molar-refractivity contribution in [2.75, 3.05) is 0 Å². The molecule has 0 saturated heterocycles. The molecule has 3 nitrogen and oxygen atoms in total. The fourth-order valence-electron chi connectivity index (χ4n) is 1.62. The summed E-state index contributed by atoms with van der Waals surface area (Å²) < 4.78 is 13.0. The summed E-state index contributed by atoms with van der Waals surface area (Å²) in [6.07, 6.45) is 2.96. The monoisotopic (exact) mass is 257 g/mol. The van der Waals surface area contributed by atoms with Crippen LogP contribution in [0, 0.1) is 5.95 Å². The van der Waals surface area contributed by atoms with Gasteiger partial charge in [-0.3, -0.25) is 0 Å². The summed E-state index contributed by atoms with van der Waals surface area (Å²) in [4.78, 5) is 12.7. The summed E-state index contributed by atoms with van der Waals surface area (Å²) in [7, 11) is 0. The molecule has 0 radical (unpaired) electrons. The number of rotatable bonds is 2. The number of hydrogen-bond donors (Lipinski definition) is 0. The van der Waals surface area contributed by atoms with E-state index >= 15 is 0 Å². The summed E-state index contributed by atoms with van der Waals surface area (Å²) in [6, 6.07) is 10.9. The zero-order valence-electron chi connectivity index (χ0n) is 9.25. The van der Waals surface area contributed by atoms with Crippen molar-refractivity contribution in [3.63, 3.8) is 0 Å². The van der Waals surface area contributed by atoms with Crippen molar-refractivity contribution in [1.82, 2.24) is 15.0 Å². The topological polar surface area (TPSA) is 38.7 Å². The summed E-state index contributed by atoms with van der Waals surface area (Å²) >= 11 is 1.40. The second-order valence-electron chi connectivity index (χ2n) is 3.61. The Balaban J connectivity index is 2.05. The Morgan fingerprint density at radius 2 is 1.89 bits per heavy atom. The molecular weight excluding hydrogens is 249 g/mol. The van der Waals surface area contributed by atoms with Gasteiger partial charge in [-0.2, -0.15) is 4.39 Å². The first-order valence-electron chi connectivity index (χ1n) is 5.32. The number of benzene rings is 1. The average molecular weight is 257 g/mol. The van der Waals surface area contributed by atoms with Gasteiger partial charge in [0.15, 0.2) is 0 Å². The highest BCUT2D eigenvalue weighted by Crippen LogP contribution is 2.30. The molecule has 0 atom stereocenters. The number of hydrogen-bond acceptors (Lipinski definition) is 4. The van der Waals surface area contributed by atoms with Crippen LogP contribution >= 0.6 is 11.8 Å². The van der Waals surface area contributed by atoms with E-state index in [9.17, 15) is 4.39 Å². The molecule has 1 aromatic carbocycles. The van der Waals surface area contributed by atoms with Gasteiger partial charge in [0, 0.05) is 22.5 Å². The fourth-order valence-corrected chi connectivity index (χ4v) is 2.51. The van der Waals surface area contributed by atoms with Crippen molar-refractivity contribution in [2.24, 2.45) is 0 Å². The second-order valence-corrected chi connectivity index (χ2v) is 4.67. The van der Waals surface area contributed by atoms with E-state index in [1.54, 1.807) is 6.07 Å². The van der Waals surface area contributed by atoms with Crippen molar-refractivity contribution in [3.05, 3.63) is 54.9 Å². The molecule has 0 aliphatic rings. The first-order valence-corrected chi connectivity index (χ1v) is 6.14. The van der Waals surface area contributed by atoms with Crippen molar-refractivity contribution < 1.29 is 4.39 Å². The van der Waals surface area contributed by atoms with Crippen molar-refractivity contribution >= 4 is 22.7 Å². The summed E-state index contributed by atoms with van der Waals surface area (Å²) in [5.74, 6) is -0.488. The molecule has 0 aliphatic carbocycles. The normalized spacial score (nSPS) is 10.7. The maximum Gasteiger partial charge on any atom is 0.213 e. The number of nitrogens with zero attached hydrogens (tertiary/aromatic N) is 3. The van der Waals surface area contributed by atoms with E-state index in [1.165, 1.54) is 30.4 Å². The van der Waals surface area contributed by atoms with Crippen LogP contribution in [0.3, 0.4) is 0 Å². The van der Waals surface area contributed by atoms with E-state index in [4.69, 9.17) is 0 Å². The first-order chi connectivity index (χ1) is 8.83. The number of aromatic nitrogens is 3. The minimum absolute atomic E-state index is 0.488. The van der Waals surface area contributed by atoms with Gasteiger partial charge in [-0.1, -0.05) is 30.0 Å². The molecule has 0 saturated carbocycles. The third-order valence-corrected chi connectivity index (χ3v) is 3.43. The molecule has 0 spiro atoms. The van der Waals surface area contributed by atoms with E-state index in [1.807, 2.05) is 24.3 Å². The Labute approximate surface area is 107 Å². The highest BCUT2D eigenvalue weighted by atomic mass is 32.2. The minimum Gasteiger partial charge on any atom is -0.236 e. The Morgan fingerprint density at radius 3 is 2.78 bits per heavy atom. The Morgan fingerprint density at radius 1 is 1.00 bits per heavy atom. The van der Waals surface area contributed by atoms with Gasteiger partial charge >= 0.3 is 0 Å². The van der Waals surface area contributed by atoms with Gasteiger partial charge in [0.25, 0.3) is 0 Å². The highest BCUT2D eigenvalue weighted by Gasteiger charge is 2.05. The molecule has 0 fully saturated rings. The van der Waals surface area contributed by atoms with Crippen LogP contribution in [-0.4, -0.2) is 15.0 Å². The van der Waals surface area contributed by atoms with Crippen LogP contribution < -0.4 is 0 Å². The maximum absolute atomic E-state index is 13.0. The predicted octanol–water partition coefficient (Wildman–Crippen LogP) is 3.32. The third kappa shape index (κ3) is 2.17. The number of para-hydroxylation sites is 1. The molecule has 3 aromatic rings. The van der Waals surface area contributed by atoms with Gasteiger partial charge in [0.1, 0.15) is 11.4 Å². The van der Waals surface area contributed by atoms with Gasteiger partial charge < -0.3 is 0 Å². The summed E-state index contributed by atoms with van der Waals surface area (Å²) in [6.45, 7) is 0. The molecule has 0 unspecified atom stereocenters. The second kappa shape index (κ2) is 4.70. The molecule has 88 valence electrons. The van der Waals surface area contributed by atoms with E-state index in [2.05, 4.69) is 15.0 Å². The van der Waals surface area contributed by atoms with Crippen LogP contribution in [0.4, 0.5) is 4.39 Å². The van der Waals surface area contributed by atoms with Crippen LogP contribution in [0.2, 0.25) is 0 Å². The molecular formula is C13H8FN3S. The van der Waals surface area contributed by atoms with Crippen LogP contribution in [0.1, 0.15) is 0 Å². The molecule has 3 rings (SSSR count). The summed E-state index contributed by atoms with van der Waals surface area (Å²) in [5.41, 5.74) is 0.879. The largest absolute Gasteiger partial charge is 0.236 e. The molecule has 0 N–H and O–H groups in total. The van der Waals surface area contributed by atoms with Crippen LogP contribution in [-0.2, 0) is 0 Å². The van der Waals surface area contributed by atoms with Crippen molar-refractivity contribution in [3.8, 4) is 0 Å². The first kappa shape index (κ1) is 11.1. The van der Waals surface area contributed by atoms with Gasteiger partial charge in [0.05, 0.1) is 5.52 Å². The highest BCUT2D eigenvalue weighted by molar-refractivity contribution is 7.99. The van der Waals surface area contributed by atoms with Gasteiger partial charge in [0.2, 0.25) is 5.95 Å². The zero-order chi connectivity index (χ0) is 12.4.